The van der Waals surface area contributed by atoms with Crippen molar-refractivity contribution < 1.29 is 14.3 Å². The highest BCUT2D eigenvalue weighted by Gasteiger charge is 2.17. The number of benzene rings is 2. The van der Waals surface area contributed by atoms with Gasteiger partial charge in [-0.3, -0.25) is 4.79 Å². The van der Waals surface area contributed by atoms with Crippen molar-refractivity contribution in [2.24, 2.45) is 0 Å². The smallest absolute Gasteiger partial charge is 0.275 e. The van der Waals surface area contributed by atoms with Gasteiger partial charge >= 0.3 is 0 Å². The minimum atomic E-state index is -0.348. The number of ether oxygens (including phenoxy) is 2. The van der Waals surface area contributed by atoms with Gasteiger partial charge in [0.15, 0.2) is 11.5 Å². The number of nitrogens with one attached hydrogen (secondary N) is 3. The standard InChI is InChI=1S/C20H23N5O3/c1-4-13-5-8-15(9-6-13)22-19-18(23-25-24-19)20(26)21-12-14-7-10-16(27-2)11-17(14)28-3/h5-11H,4,12H2,1-3H3,(H,21,26)(H2,22,23,24,25). The molecular formula is C20H23N5O3. The summed E-state index contributed by atoms with van der Waals surface area (Å²) in [5.41, 5.74) is 3.07. The maximum atomic E-state index is 12.6. The van der Waals surface area contributed by atoms with E-state index in [-0.39, 0.29) is 18.1 Å². The monoisotopic (exact) mass is 381 g/mol. The quantitative estimate of drug-likeness (QED) is 0.554. The van der Waals surface area contributed by atoms with Crippen LogP contribution in [0.2, 0.25) is 0 Å². The summed E-state index contributed by atoms with van der Waals surface area (Å²) in [6.07, 6.45) is 0.965. The summed E-state index contributed by atoms with van der Waals surface area (Å²) in [5, 5.41) is 16.4. The second kappa shape index (κ2) is 8.90. The number of amides is 1. The van der Waals surface area contributed by atoms with Gasteiger partial charge in [-0.05, 0) is 36.2 Å². The van der Waals surface area contributed by atoms with Crippen LogP contribution in [0.4, 0.5) is 11.5 Å². The number of hydrogen-bond acceptors (Lipinski definition) is 6. The summed E-state index contributed by atoms with van der Waals surface area (Å²) >= 11 is 0. The van der Waals surface area contributed by atoms with Gasteiger partial charge in [0.05, 0.1) is 14.2 Å². The number of methoxy groups -OCH3 is 2. The molecule has 8 heteroatoms. The van der Waals surface area contributed by atoms with Gasteiger partial charge in [-0.15, -0.1) is 10.2 Å². The first-order valence-corrected chi connectivity index (χ1v) is 8.90. The molecule has 146 valence electrons. The molecule has 1 aromatic heterocycles. The molecule has 0 aliphatic heterocycles. The van der Waals surface area contributed by atoms with Crippen molar-refractivity contribution in [3.05, 3.63) is 59.3 Å². The van der Waals surface area contributed by atoms with Gasteiger partial charge in [-0.25, -0.2) is 0 Å². The normalized spacial score (nSPS) is 10.4. The highest BCUT2D eigenvalue weighted by Crippen LogP contribution is 2.24. The molecule has 28 heavy (non-hydrogen) atoms. The Bertz CT molecular complexity index is 937. The first-order valence-electron chi connectivity index (χ1n) is 8.90. The minimum absolute atomic E-state index is 0.187. The average molecular weight is 381 g/mol. The Morgan fingerprint density at radius 2 is 1.86 bits per heavy atom. The Morgan fingerprint density at radius 1 is 1.07 bits per heavy atom. The number of carbonyl (C=O) groups excluding carboxylic acids is 1. The summed E-state index contributed by atoms with van der Waals surface area (Å²) in [6.45, 7) is 2.38. The molecule has 0 radical (unpaired) electrons. The van der Waals surface area contributed by atoms with E-state index in [1.807, 2.05) is 36.4 Å². The molecule has 0 saturated heterocycles. The fraction of sp³-hybridized carbons (Fsp3) is 0.250. The molecule has 0 spiro atoms. The predicted molar refractivity (Wildman–Crippen MR) is 106 cm³/mol. The molecule has 0 fully saturated rings. The molecule has 3 rings (SSSR count). The molecule has 0 unspecified atom stereocenters. The second-order valence-corrected chi connectivity index (χ2v) is 6.06. The zero-order valence-electron chi connectivity index (χ0n) is 16.1. The second-order valence-electron chi connectivity index (χ2n) is 6.06. The maximum absolute atomic E-state index is 12.6. The molecule has 0 bridgehead atoms. The zero-order valence-corrected chi connectivity index (χ0v) is 16.1. The van der Waals surface area contributed by atoms with Gasteiger partial charge in [0, 0.05) is 23.9 Å². The summed E-state index contributed by atoms with van der Waals surface area (Å²) < 4.78 is 10.5. The van der Waals surface area contributed by atoms with E-state index in [0.29, 0.717) is 17.3 Å². The number of anilines is 2. The van der Waals surface area contributed by atoms with Gasteiger partial charge in [0.2, 0.25) is 0 Å². The first-order chi connectivity index (χ1) is 13.6. The fourth-order valence-corrected chi connectivity index (χ4v) is 2.69. The van der Waals surface area contributed by atoms with Gasteiger partial charge in [0.1, 0.15) is 11.5 Å². The lowest BCUT2D eigenvalue weighted by molar-refractivity contribution is 0.0946. The van der Waals surface area contributed by atoms with E-state index in [9.17, 15) is 4.79 Å². The summed E-state index contributed by atoms with van der Waals surface area (Å²) in [7, 11) is 3.16. The molecule has 0 atom stereocenters. The largest absolute Gasteiger partial charge is 0.497 e. The third-order valence-electron chi connectivity index (χ3n) is 4.32. The van der Waals surface area contributed by atoms with Crippen LogP contribution in [-0.2, 0) is 13.0 Å². The minimum Gasteiger partial charge on any atom is -0.497 e. The number of aromatic amines is 1. The molecule has 8 nitrogen and oxygen atoms in total. The Hall–Kier alpha value is -3.55. The van der Waals surface area contributed by atoms with Crippen LogP contribution >= 0.6 is 0 Å². The number of carbonyl (C=O) groups is 1. The van der Waals surface area contributed by atoms with Crippen molar-refractivity contribution in [1.82, 2.24) is 20.7 Å². The highest BCUT2D eigenvalue weighted by molar-refractivity contribution is 5.97. The molecule has 0 aliphatic carbocycles. The van der Waals surface area contributed by atoms with E-state index in [0.717, 1.165) is 17.7 Å². The molecule has 0 saturated carbocycles. The van der Waals surface area contributed by atoms with Crippen LogP contribution in [-0.4, -0.2) is 35.5 Å². The van der Waals surface area contributed by atoms with E-state index in [2.05, 4.69) is 33.0 Å². The van der Waals surface area contributed by atoms with E-state index >= 15 is 0 Å². The lowest BCUT2D eigenvalue weighted by Gasteiger charge is -2.11. The number of H-pyrrole nitrogens is 1. The summed E-state index contributed by atoms with van der Waals surface area (Å²) in [6, 6.07) is 13.4. The Kier molecular flexibility index (Phi) is 6.11. The lowest BCUT2D eigenvalue weighted by Crippen LogP contribution is -2.24. The molecule has 2 aromatic carbocycles. The Morgan fingerprint density at radius 3 is 2.54 bits per heavy atom. The van der Waals surface area contributed by atoms with Crippen LogP contribution in [0.25, 0.3) is 0 Å². The van der Waals surface area contributed by atoms with Crippen LogP contribution in [0.3, 0.4) is 0 Å². The van der Waals surface area contributed by atoms with Crippen LogP contribution in [0.5, 0.6) is 11.5 Å². The van der Waals surface area contributed by atoms with Crippen molar-refractivity contribution in [1.29, 1.82) is 0 Å². The van der Waals surface area contributed by atoms with E-state index in [1.54, 1.807) is 20.3 Å². The lowest BCUT2D eigenvalue weighted by atomic mass is 10.1. The van der Waals surface area contributed by atoms with Crippen LogP contribution in [0, 0.1) is 0 Å². The molecule has 1 heterocycles. The van der Waals surface area contributed by atoms with Crippen molar-refractivity contribution in [2.75, 3.05) is 19.5 Å². The molecule has 1 amide bonds. The first kappa shape index (κ1) is 19.2. The number of aryl methyl sites for hydroxylation is 1. The van der Waals surface area contributed by atoms with E-state index in [1.165, 1.54) is 5.56 Å². The maximum Gasteiger partial charge on any atom is 0.275 e. The number of hydrogen-bond donors (Lipinski definition) is 3. The number of rotatable bonds is 8. The van der Waals surface area contributed by atoms with Gasteiger partial charge in [-0.1, -0.05) is 19.1 Å². The molecular weight excluding hydrogens is 358 g/mol. The third-order valence-corrected chi connectivity index (χ3v) is 4.32. The SMILES string of the molecule is CCc1ccc(Nc2n[nH]nc2C(=O)NCc2ccc(OC)cc2OC)cc1. The van der Waals surface area contributed by atoms with Gasteiger partial charge in [-0.2, -0.15) is 5.21 Å². The number of nitrogens with zero attached hydrogens (tertiary/aromatic N) is 2. The summed E-state index contributed by atoms with van der Waals surface area (Å²) in [5.74, 6) is 1.33. The molecule has 3 aromatic rings. The van der Waals surface area contributed by atoms with Crippen LogP contribution in [0.1, 0.15) is 28.5 Å². The topological polar surface area (TPSA) is 101 Å². The van der Waals surface area contributed by atoms with Gasteiger partial charge in [0.25, 0.3) is 5.91 Å². The Labute approximate surface area is 163 Å². The Balaban J connectivity index is 1.68. The highest BCUT2D eigenvalue weighted by atomic mass is 16.5. The average Bonchev–Trinajstić information content (AvgIpc) is 3.20. The molecule has 3 N–H and O–H groups in total. The van der Waals surface area contributed by atoms with Crippen molar-refractivity contribution >= 4 is 17.4 Å². The van der Waals surface area contributed by atoms with E-state index < -0.39 is 0 Å². The van der Waals surface area contributed by atoms with Gasteiger partial charge < -0.3 is 20.1 Å². The third kappa shape index (κ3) is 4.40. The fourth-order valence-electron chi connectivity index (χ4n) is 2.69. The summed E-state index contributed by atoms with van der Waals surface area (Å²) in [4.78, 5) is 12.6. The van der Waals surface area contributed by atoms with Crippen molar-refractivity contribution in [3.8, 4) is 11.5 Å². The van der Waals surface area contributed by atoms with Crippen LogP contribution in [0.15, 0.2) is 42.5 Å². The molecule has 0 aliphatic rings. The zero-order chi connectivity index (χ0) is 19.9. The number of aromatic nitrogens is 3. The van der Waals surface area contributed by atoms with Crippen molar-refractivity contribution in [3.63, 3.8) is 0 Å². The predicted octanol–water partition coefficient (Wildman–Crippen LogP) is 3.06. The van der Waals surface area contributed by atoms with Crippen molar-refractivity contribution in [2.45, 2.75) is 19.9 Å². The van der Waals surface area contributed by atoms with Crippen LogP contribution < -0.4 is 20.1 Å². The van der Waals surface area contributed by atoms with E-state index in [4.69, 9.17) is 9.47 Å².